The van der Waals surface area contributed by atoms with Gasteiger partial charge >= 0.3 is 5.97 Å². The second-order valence-corrected chi connectivity index (χ2v) is 5.35. The van der Waals surface area contributed by atoms with E-state index in [1.54, 1.807) is 0 Å². The minimum atomic E-state index is -0.371. The van der Waals surface area contributed by atoms with Crippen LogP contribution >= 0.6 is 0 Å². The van der Waals surface area contributed by atoms with Gasteiger partial charge < -0.3 is 4.74 Å². The molecule has 1 saturated carbocycles. The predicted octanol–water partition coefficient (Wildman–Crippen LogP) is 2.54. The lowest BCUT2D eigenvalue weighted by atomic mass is 9.47. The van der Waals surface area contributed by atoms with Gasteiger partial charge in [0.1, 0.15) is 5.60 Å². The Kier molecular flexibility index (Phi) is 1.82. The number of ether oxygens (including phenoxy) is 1. The molecule has 1 fully saturated rings. The fourth-order valence-corrected chi connectivity index (χ4v) is 3.10. The quantitative estimate of drug-likeness (QED) is 0.473. The van der Waals surface area contributed by atoms with Crippen LogP contribution in [0, 0.1) is 17.3 Å². The van der Waals surface area contributed by atoms with Crippen molar-refractivity contribution in [3.63, 3.8) is 0 Å². The molecule has 3 aliphatic rings. The Morgan fingerprint density at radius 1 is 1.43 bits per heavy atom. The molecule has 14 heavy (non-hydrogen) atoms. The van der Waals surface area contributed by atoms with Crippen molar-refractivity contribution in [3.8, 4) is 0 Å². The molecule has 2 heteroatoms. The van der Waals surface area contributed by atoms with Crippen LogP contribution in [0.5, 0.6) is 0 Å². The first kappa shape index (κ1) is 9.75. The number of carbonyl (C=O) groups is 1. The van der Waals surface area contributed by atoms with Crippen molar-refractivity contribution in [2.24, 2.45) is 17.3 Å². The number of allylic oxidation sites excluding steroid dienone is 1. The molecule has 3 atom stereocenters. The van der Waals surface area contributed by atoms with E-state index in [0.29, 0.717) is 17.3 Å². The fraction of sp³-hybridized carbons (Fsp3) is 0.750. The lowest BCUT2D eigenvalue weighted by molar-refractivity contribution is -0.178. The van der Waals surface area contributed by atoms with E-state index < -0.39 is 0 Å². The summed E-state index contributed by atoms with van der Waals surface area (Å²) in [5.41, 5.74) is -0.0803. The van der Waals surface area contributed by atoms with Gasteiger partial charge in [-0.25, -0.2) is 0 Å². The summed E-state index contributed by atoms with van der Waals surface area (Å²) in [6.07, 6.45) is 5.44. The molecule has 0 aromatic carbocycles. The van der Waals surface area contributed by atoms with Crippen molar-refractivity contribution < 1.29 is 9.53 Å². The zero-order valence-electron chi connectivity index (χ0n) is 9.33. The molecule has 0 amide bonds. The first-order chi connectivity index (χ1) is 6.36. The summed E-state index contributed by atoms with van der Waals surface area (Å²) in [6.45, 7) is 8.03. The number of fused-ring (bicyclic) bond motifs is 1. The molecule has 3 aliphatic carbocycles. The molecule has 0 radical (unpaired) electrons. The van der Waals surface area contributed by atoms with Crippen molar-refractivity contribution in [3.05, 3.63) is 12.2 Å². The zero-order chi connectivity index (χ0) is 10.6. The lowest BCUT2D eigenvalue weighted by Gasteiger charge is -2.60. The molecular formula is C12H18O2. The maximum Gasteiger partial charge on any atom is 0.303 e. The molecule has 3 rings (SSSR count). The van der Waals surface area contributed by atoms with Gasteiger partial charge in [0.05, 0.1) is 0 Å². The standard InChI is InChI=1S/C12H18O2/c1-8(13)14-12(4)6-5-9-7-10(12)11(9,2)3/h5-6,9-10H,7H2,1-4H3/t9-,10-,12+/m0/s1. The third kappa shape index (κ3) is 1.13. The molecule has 0 spiro atoms. The monoisotopic (exact) mass is 194 g/mol. The molecule has 0 aromatic heterocycles. The molecule has 2 nitrogen and oxygen atoms in total. The summed E-state index contributed by atoms with van der Waals surface area (Å²) in [5, 5.41) is 0. The average Bonchev–Trinajstić information content (AvgIpc) is 2.00. The number of hydrogen-bond donors (Lipinski definition) is 0. The molecule has 0 aliphatic heterocycles. The summed E-state index contributed by atoms with van der Waals surface area (Å²) >= 11 is 0. The topological polar surface area (TPSA) is 26.3 Å². The second kappa shape index (κ2) is 2.62. The molecule has 0 unspecified atom stereocenters. The highest BCUT2D eigenvalue weighted by atomic mass is 16.6. The van der Waals surface area contributed by atoms with Gasteiger partial charge in [0, 0.05) is 12.8 Å². The Labute approximate surface area is 85.3 Å². The zero-order valence-corrected chi connectivity index (χ0v) is 9.33. The van der Waals surface area contributed by atoms with Crippen molar-refractivity contribution in [2.75, 3.05) is 0 Å². The van der Waals surface area contributed by atoms with Crippen molar-refractivity contribution in [2.45, 2.75) is 39.7 Å². The Morgan fingerprint density at radius 2 is 2.07 bits per heavy atom. The second-order valence-electron chi connectivity index (χ2n) is 5.35. The Bertz CT molecular complexity index is 303. The maximum atomic E-state index is 11.0. The van der Waals surface area contributed by atoms with Gasteiger partial charge in [-0.15, -0.1) is 0 Å². The third-order valence-corrected chi connectivity index (χ3v) is 4.06. The molecule has 2 bridgehead atoms. The van der Waals surface area contributed by atoms with Gasteiger partial charge in [0.15, 0.2) is 0 Å². The van der Waals surface area contributed by atoms with Crippen LogP contribution in [0.2, 0.25) is 0 Å². The molecular weight excluding hydrogens is 176 g/mol. The van der Waals surface area contributed by atoms with Gasteiger partial charge in [-0.2, -0.15) is 0 Å². The van der Waals surface area contributed by atoms with E-state index in [2.05, 4.69) is 26.0 Å². The van der Waals surface area contributed by atoms with Gasteiger partial charge in [-0.1, -0.05) is 19.9 Å². The number of rotatable bonds is 1. The molecule has 78 valence electrons. The largest absolute Gasteiger partial charge is 0.455 e. The number of hydrogen-bond acceptors (Lipinski definition) is 2. The van der Waals surface area contributed by atoms with Crippen LogP contribution in [0.3, 0.4) is 0 Å². The van der Waals surface area contributed by atoms with E-state index in [1.807, 2.05) is 6.92 Å². The Balaban J connectivity index is 2.26. The van der Waals surface area contributed by atoms with E-state index in [9.17, 15) is 4.79 Å². The highest BCUT2D eigenvalue weighted by molar-refractivity contribution is 5.67. The molecule has 0 heterocycles. The van der Waals surface area contributed by atoms with E-state index in [4.69, 9.17) is 4.74 Å². The number of esters is 1. The van der Waals surface area contributed by atoms with E-state index in [1.165, 1.54) is 6.92 Å². The van der Waals surface area contributed by atoms with Crippen molar-refractivity contribution >= 4 is 5.97 Å². The van der Waals surface area contributed by atoms with Crippen molar-refractivity contribution in [1.82, 2.24) is 0 Å². The SMILES string of the molecule is CC(=O)O[C@]1(C)C=C[C@H]2C[C@H]1C2(C)C. The first-order valence-corrected chi connectivity index (χ1v) is 5.25. The summed E-state index contributed by atoms with van der Waals surface area (Å²) in [6, 6.07) is 0. The van der Waals surface area contributed by atoms with E-state index in [-0.39, 0.29) is 11.6 Å². The molecule has 0 N–H and O–H groups in total. The number of carbonyl (C=O) groups excluding carboxylic acids is 1. The lowest BCUT2D eigenvalue weighted by Crippen LogP contribution is -2.58. The Morgan fingerprint density at radius 3 is 2.50 bits per heavy atom. The van der Waals surface area contributed by atoms with Crippen LogP contribution in [0.25, 0.3) is 0 Å². The molecule has 0 saturated heterocycles. The minimum Gasteiger partial charge on any atom is -0.455 e. The Hall–Kier alpha value is -0.790. The van der Waals surface area contributed by atoms with Crippen LogP contribution < -0.4 is 0 Å². The van der Waals surface area contributed by atoms with E-state index in [0.717, 1.165) is 6.42 Å². The smallest absolute Gasteiger partial charge is 0.303 e. The van der Waals surface area contributed by atoms with Crippen molar-refractivity contribution in [1.29, 1.82) is 0 Å². The van der Waals surface area contributed by atoms with Crippen LogP contribution in [0.4, 0.5) is 0 Å². The highest BCUT2D eigenvalue weighted by Gasteiger charge is 2.58. The third-order valence-electron chi connectivity index (χ3n) is 4.06. The average molecular weight is 194 g/mol. The van der Waals surface area contributed by atoms with Crippen LogP contribution in [0.15, 0.2) is 12.2 Å². The van der Waals surface area contributed by atoms with E-state index >= 15 is 0 Å². The van der Waals surface area contributed by atoms with Gasteiger partial charge in [0.2, 0.25) is 0 Å². The maximum absolute atomic E-state index is 11.0. The minimum absolute atomic E-state index is 0.182. The summed E-state index contributed by atoms with van der Waals surface area (Å²) in [5.74, 6) is 0.975. The van der Waals surface area contributed by atoms with Crippen LogP contribution in [-0.4, -0.2) is 11.6 Å². The van der Waals surface area contributed by atoms with Gasteiger partial charge in [0.25, 0.3) is 0 Å². The highest BCUT2D eigenvalue weighted by Crippen LogP contribution is 2.60. The molecule has 0 aromatic rings. The summed E-state index contributed by atoms with van der Waals surface area (Å²) in [4.78, 5) is 11.0. The summed E-state index contributed by atoms with van der Waals surface area (Å²) < 4.78 is 5.44. The fourth-order valence-electron chi connectivity index (χ4n) is 3.10. The van der Waals surface area contributed by atoms with Gasteiger partial charge in [-0.3, -0.25) is 4.79 Å². The normalized spacial score (nSPS) is 42.9. The first-order valence-electron chi connectivity index (χ1n) is 5.25. The van der Waals surface area contributed by atoms with Crippen LogP contribution in [-0.2, 0) is 9.53 Å². The summed E-state index contributed by atoms with van der Waals surface area (Å²) in [7, 11) is 0. The van der Waals surface area contributed by atoms with Crippen LogP contribution in [0.1, 0.15) is 34.1 Å². The van der Waals surface area contributed by atoms with Gasteiger partial charge in [-0.05, 0) is 30.8 Å². The predicted molar refractivity (Wildman–Crippen MR) is 54.7 cm³/mol.